The Kier molecular flexibility index (Phi) is 4.31. The van der Waals surface area contributed by atoms with E-state index in [-0.39, 0.29) is 17.5 Å². The molecule has 0 saturated heterocycles. The minimum atomic E-state index is -0.280. The molecule has 3 N–H and O–H groups in total. The Balaban J connectivity index is 2.04. The monoisotopic (exact) mass is 290 g/mol. The van der Waals surface area contributed by atoms with Crippen molar-refractivity contribution in [1.82, 2.24) is 9.78 Å². The van der Waals surface area contributed by atoms with Crippen molar-refractivity contribution in [3.63, 3.8) is 0 Å². The van der Waals surface area contributed by atoms with Gasteiger partial charge in [0.1, 0.15) is 17.3 Å². The molecule has 0 aliphatic heterocycles. The van der Waals surface area contributed by atoms with E-state index in [2.05, 4.69) is 10.4 Å². The van der Waals surface area contributed by atoms with Crippen LogP contribution in [0.3, 0.4) is 0 Å². The summed E-state index contributed by atoms with van der Waals surface area (Å²) in [5, 5.41) is 6.77. The first-order valence-corrected chi connectivity index (χ1v) is 6.27. The molecule has 0 saturated carbocycles. The molecule has 1 aromatic heterocycles. The summed E-state index contributed by atoms with van der Waals surface area (Å²) in [5.41, 5.74) is 6.32. The lowest BCUT2D eigenvalue weighted by Crippen LogP contribution is -2.18. The third kappa shape index (κ3) is 3.79. The van der Waals surface area contributed by atoms with Crippen LogP contribution in [0.1, 0.15) is 10.5 Å². The molecule has 2 aromatic rings. The second kappa shape index (κ2) is 6.16. The highest BCUT2D eigenvalue weighted by Gasteiger charge is 2.09. The van der Waals surface area contributed by atoms with E-state index in [9.17, 15) is 4.79 Å². The zero-order chi connectivity index (χ0) is 14.5. The normalized spacial score (nSPS) is 10.1. The maximum absolute atomic E-state index is 11.9. The van der Waals surface area contributed by atoms with Gasteiger partial charge in [-0.25, -0.2) is 0 Å². The largest absolute Gasteiger partial charge is 0.486 e. The van der Waals surface area contributed by atoms with Crippen LogP contribution in [0.15, 0.2) is 36.5 Å². The van der Waals surface area contributed by atoms with E-state index in [4.69, 9.17) is 22.7 Å². The van der Waals surface area contributed by atoms with Gasteiger partial charge < -0.3 is 15.8 Å². The van der Waals surface area contributed by atoms with Crippen LogP contribution >= 0.6 is 12.2 Å². The van der Waals surface area contributed by atoms with Crippen LogP contribution < -0.4 is 15.8 Å². The Bertz CT molecular complexity index is 639. The van der Waals surface area contributed by atoms with Crippen LogP contribution in [0.4, 0.5) is 5.69 Å². The van der Waals surface area contributed by atoms with Crippen LogP contribution in [-0.4, -0.2) is 27.3 Å². The zero-order valence-electron chi connectivity index (χ0n) is 10.9. The summed E-state index contributed by atoms with van der Waals surface area (Å²) in [7, 11) is 1.75. The lowest BCUT2D eigenvalue weighted by molar-refractivity contribution is 0.102. The fraction of sp³-hybridized carbons (Fsp3) is 0.154. The average Bonchev–Trinajstić information content (AvgIpc) is 2.84. The lowest BCUT2D eigenvalue weighted by Gasteiger charge is -2.07. The van der Waals surface area contributed by atoms with Gasteiger partial charge in [-0.1, -0.05) is 18.3 Å². The molecule has 104 valence electrons. The van der Waals surface area contributed by atoms with E-state index in [1.54, 1.807) is 48.3 Å². The summed E-state index contributed by atoms with van der Waals surface area (Å²) in [5.74, 6) is 0.300. The van der Waals surface area contributed by atoms with E-state index < -0.39 is 0 Å². The summed E-state index contributed by atoms with van der Waals surface area (Å²) < 4.78 is 6.93. The fourth-order valence-corrected chi connectivity index (χ4v) is 1.61. The van der Waals surface area contributed by atoms with Gasteiger partial charge in [0, 0.05) is 25.0 Å². The van der Waals surface area contributed by atoms with Gasteiger partial charge in [0.2, 0.25) is 0 Å². The number of amides is 1. The number of rotatable bonds is 5. The van der Waals surface area contributed by atoms with Crippen molar-refractivity contribution in [1.29, 1.82) is 0 Å². The number of nitrogens with zero attached hydrogens (tertiary/aromatic N) is 2. The second-order valence-electron chi connectivity index (χ2n) is 4.11. The fourth-order valence-electron chi connectivity index (χ4n) is 1.55. The molecule has 0 aliphatic rings. The highest BCUT2D eigenvalue weighted by Crippen LogP contribution is 2.17. The van der Waals surface area contributed by atoms with E-state index >= 15 is 0 Å². The minimum absolute atomic E-state index is 0.160. The van der Waals surface area contributed by atoms with Crippen molar-refractivity contribution in [2.75, 3.05) is 11.9 Å². The zero-order valence-corrected chi connectivity index (χ0v) is 11.7. The molecule has 2 rings (SSSR count). The Morgan fingerprint density at radius 1 is 1.50 bits per heavy atom. The second-order valence-corrected chi connectivity index (χ2v) is 4.64. The number of benzene rings is 1. The Morgan fingerprint density at radius 2 is 2.30 bits per heavy atom. The first kappa shape index (κ1) is 14.0. The molecule has 0 aliphatic carbocycles. The molecular weight excluding hydrogens is 276 g/mol. The summed E-state index contributed by atoms with van der Waals surface area (Å²) in [6.45, 7) is 0.160. The molecule has 1 amide bonds. The molecule has 20 heavy (non-hydrogen) atoms. The van der Waals surface area contributed by atoms with Gasteiger partial charge in [0.25, 0.3) is 5.91 Å². The van der Waals surface area contributed by atoms with Crippen molar-refractivity contribution in [3.05, 3.63) is 42.2 Å². The Morgan fingerprint density at radius 3 is 2.95 bits per heavy atom. The number of thiocarbonyl (C=S) groups is 1. The Hall–Kier alpha value is -2.41. The van der Waals surface area contributed by atoms with Crippen molar-refractivity contribution in [2.45, 2.75) is 0 Å². The summed E-state index contributed by atoms with van der Waals surface area (Å²) in [6, 6.07) is 8.62. The van der Waals surface area contributed by atoms with Crippen molar-refractivity contribution < 1.29 is 9.53 Å². The molecule has 0 fully saturated rings. The van der Waals surface area contributed by atoms with E-state index in [1.165, 1.54) is 0 Å². The van der Waals surface area contributed by atoms with Gasteiger partial charge in [0.15, 0.2) is 5.69 Å². The maximum atomic E-state index is 11.9. The van der Waals surface area contributed by atoms with Crippen molar-refractivity contribution in [3.8, 4) is 5.75 Å². The summed E-state index contributed by atoms with van der Waals surface area (Å²) >= 11 is 4.74. The average molecular weight is 290 g/mol. The molecule has 0 radical (unpaired) electrons. The topological polar surface area (TPSA) is 82.2 Å². The smallest absolute Gasteiger partial charge is 0.276 e. The molecule has 0 unspecified atom stereocenters. The number of nitrogens with one attached hydrogen (secondary N) is 1. The summed E-state index contributed by atoms with van der Waals surface area (Å²) in [6.07, 6.45) is 1.71. The number of hydrogen-bond donors (Lipinski definition) is 2. The third-order valence-electron chi connectivity index (χ3n) is 2.42. The number of ether oxygens (including phenoxy) is 1. The van der Waals surface area contributed by atoms with E-state index in [0.29, 0.717) is 17.1 Å². The number of carbonyl (C=O) groups is 1. The number of nitrogens with two attached hydrogens (primary N) is 1. The number of hydrogen-bond acceptors (Lipinski definition) is 4. The molecule has 0 atom stereocenters. The first-order chi connectivity index (χ1) is 9.54. The predicted molar refractivity (Wildman–Crippen MR) is 79.9 cm³/mol. The van der Waals surface area contributed by atoms with Gasteiger partial charge in [-0.3, -0.25) is 9.48 Å². The van der Waals surface area contributed by atoms with E-state index in [0.717, 1.165) is 0 Å². The molecule has 1 aromatic carbocycles. The van der Waals surface area contributed by atoms with Crippen molar-refractivity contribution >= 4 is 28.8 Å². The molecule has 6 nitrogen and oxygen atoms in total. The highest BCUT2D eigenvalue weighted by atomic mass is 32.1. The number of carbonyl (C=O) groups excluding carboxylic acids is 1. The molecule has 7 heteroatoms. The SMILES string of the molecule is Cn1ccc(C(=O)Nc2cccc(OCC(N)=S)c2)n1. The number of aromatic nitrogens is 2. The quantitative estimate of drug-likeness (QED) is 0.812. The molecule has 1 heterocycles. The molecular formula is C13H14N4O2S. The van der Waals surface area contributed by atoms with Gasteiger partial charge in [-0.15, -0.1) is 0 Å². The van der Waals surface area contributed by atoms with Crippen LogP contribution in [0.2, 0.25) is 0 Å². The van der Waals surface area contributed by atoms with Crippen LogP contribution in [-0.2, 0) is 7.05 Å². The van der Waals surface area contributed by atoms with Crippen LogP contribution in [0, 0.1) is 0 Å². The maximum Gasteiger partial charge on any atom is 0.276 e. The van der Waals surface area contributed by atoms with Crippen LogP contribution in [0.25, 0.3) is 0 Å². The summed E-state index contributed by atoms with van der Waals surface area (Å²) in [4.78, 5) is 12.2. The van der Waals surface area contributed by atoms with E-state index in [1.807, 2.05) is 0 Å². The first-order valence-electron chi connectivity index (χ1n) is 5.87. The minimum Gasteiger partial charge on any atom is -0.486 e. The standard InChI is InChI=1S/C13H14N4O2S/c1-17-6-5-11(16-17)13(18)15-9-3-2-4-10(7-9)19-8-12(14)20/h2-7H,8H2,1H3,(H2,14,20)(H,15,18). The predicted octanol–water partition coefficient (Wildman–Crippen LogP) is 1.34. The van der Waals surface area contributed by atoms with Gasteiger partial charge >= 0.3 is 0 Å². The Labute approximate surface area is 121 Å². The number of anilines is 1. The number of aryl methyl sites for hydroxylation is 1. The van der Waals surface area contributed by atoms with Gasteiger partial charge in [-0.2, -0.15) is 5.10 Å². The molecule has 0 spiro atoms. The van der Waals surface area contributed by atoms with Gasteiger partial charge in [0.05, 0.1) is 0 Å². The van der Waals surface area contributed by atoms with Crippen molar-refractivity contribution in [2.24, 2.45) is 12.8 Å². The van der Waals surface area contributed by atoms with Gasteiger partial charge in [-0.05, 0) is 18.2 Å². The molecule has 0 bridgehead atoms. The highest BCUT2D eigenvalue weighted by molar-refractivity contribution is 7.80. The third-order valence-corrected chi connectivity index (χ3v) is 2.54. The van der Waals surface area contributed by atoms with Crippen LogP contribution in [0.5, 0.6) is 5.75 Å². The lowest BCUT2D eigenvalue weighted by atomic mass is 10.3.